The van der Waals surface area contributed by atoms with Crippen LogP contribution in [-0.4, -0.2) is 89.0 Å². The Morgan fingerprint density at radius 1 is 0.600 bits per heavy atom. The Hall–Kier alpha value is -1.30. The molecule has 0 unspecified atom stereocenters. The van der Waals surface area contributed by atoms with Crippen molar-refractivity contribution in [2.45, 2.75) is 192 Å². The summed E-state index contributed by atoms with van der Waals surface area (Å²) in [6.45, 7) is 3.37. The second kappa shape index (κ2) is 27.8. The van der Waals surface area contributed by atoms with Gasteiger partial charge in [0.1, 0.15) is 31.0 Å². The van der Waals surface area contributed by atoms with Crippen molar-refractivity contribution in [1.29, 1.82) is 0 Å². The summed E-state index contributed by atoms with van der Waals surface area (Å²) in [5.41, 5.74) is 0. The van der Waals surface area contributed by atoms with E-state index in [1.807, 2.05) is 0 Å². The molecule has 10 heteroatoms. The van der Waals surface area contributed by atoms with Crippen molar-refractivity contribution in [1.82, 2.24) is 0 Å². The monoisotopic (exact) mass is 646 g/mol. The lowest BCUT2D eigenvalue weighted by molar-refractivity contribution is -0.305. The Morgan fingerprint density at radius 2 is 1.04 bits per heavy atom. The number of carbonyl (C=O) groups is 2. The van der Waals surface area contributed by atoms with Gasteiger partial charge in [-0.15, -0.1) is 0 Å². The molecule has 0 bridgehead atoms. The largest absolute Gasteiger partial charge is 0.462 e. The third kappa shape index (κ3) is 20.5. The van der Waals surface area contributed by atoms with Crippen LogP contribution < -0.4 is 0 Å². The molecule has 0 aromatic heterocycles. The molecular weight excluding hydrogens is 580 g/mol. The minimum Gasteiger partial charge on any atom is -0.462 e. The maximum absolute atomic E-state index is 12.6. The standard InChI is InChI=1S/C35H66O10/c1-3-5-7-9-11-13-14-16-17-19-21-23-30(37)42-26-28(27-43-35-34(41)33(40)32(39)29(25-36)45-35)44-31(38)24-22-20-18-15-12-10-8-6-4-2/h28-29,32-36,39-41H,3-27H2,1-2H3/t28-,29-,32+,33+,34-,35-/m1/s1. The fraction of sp³-hybridized carbons (Fsp3) is 0.943. The number of hydrogen-bond acceptors (Lipinski definition) is 10. The van der Waals surface area contributed by atoms with Gasteiger partial charge >= 0.3 is 11.9 Å². The summed E-state index contributed by atoms with van der Waals surface area (Å²) >= 11 is 0. The normalized spacial score (nSPS) is 22.3. The molecule has 0 radical (unpaired) electrons. The molecule has 1 heterocycles. The van der Waals surface area contributed by atoms with Crippen LogP contribution in [0.5, 0.6) is 0 Å². The molecule has 0 aliphatic carbocycles. The van der Waals surface area contributed by atoms with Gasteiger partial charge in [0.2, 0.25) is 0 Å². The summed E-state index contributed by atoms with van der Waals surface area (Å²) in [5.74, 6) is -0.805. The molecular formula is C35H66O10. The van der Waals surface area contributed by atoms with Gasteiger partial charge in [-0.2, -0.15) is 0 Å². The average molecular weight is 647 g/mol. The van der Waals surface area contributed by atoms with Crippen LogP contribution in [0.2, 0.25) is 0 Å². The summed E-state index contributed by atoms with van der Waals surface area (Å²) in [6, 6.07) is 0. The third-order valence-corrected chi connectivity index (χ3v) is 8.49. The summed E-state index contributed by atoms with van der Waals surface area (Å²) in [4.78, 5) is 25.0. The van der Waals surface area contributed by atoms with Crippen LogP contribution in [0.4, 0.5) is 0 Å². The molecule has 1 aliphatic heterocycles. The van der Waals surface area contributed by atoms with Crippen LogP contribution in [0.15, 0.2) is 0 Å². The van der Waals surface area contributed by atoms with Gasteiger partial charge in [-0.1, -0.05) is 129 Å². The molecule has 0 amide bonds. The topological polar surface area (TPSA) is 152 Å². The molecule has 0 aromatic carbocycles. The van der Waals surface area contributed by atoms with Crippen molar-refractivity contribution in [3.8, 4) is 0 Å². The van der Waals surface area contributed by atoms with Crippen molar-refractivity contribution in [2.24, 2.45) is 0 Å². The molecule has 4 N–H and O–H groups in total. The highest BCUT2D eigenvalue weighted by molar-refractivity contribution is 5.70. The van der Waals surface area contributed by atoms with Gasteiger partial charge in [0.05, 0.1) is 13.2 Å². The van der Waals surface area contributed by atoms with Crippen molar-refractivity contribution < 1.29 is 49.0 Å². The van der Waals surface area contributed by atoms with Gasteiger partial charge in [-0.25, -0.2) is 0 Å². The van der Waals surface area contributed by atoms with E-state index in [9.17, 15) is 30.0 Å². The number of carbonyl (C=O) groups excluding carboxylic acids is 2. The lowest BCUT2D eigenvalue weighted by atomic mass is 9.99. The van der Waals surface area contributed by atoms with E-state index in [1.165, 1.54) is 83.5 Å². The highest BCUT2D eigenvalue weighted by Crippen LogP contribution is 2.22. The van der Waals surface area contributed by atoms with E-state index in [2.05, 4.69) is 13.8 Å². The first-order valence-electron chi connectivity index (χ1n) is 18.1. The quantitative estimate of drug-likeness (QED) is 0.0573. The Bertz CT molecular complexity index is 719. The molecule has 45 heavy (non-hydrogen) atoms. The van der Waals surface area contributed by atoms with Crippen LogP contribution in [0.1, 0.15) is 155 Å². The summed E-state index contributed by atoms with van der Waals surface area (Å²) in [6.07, 6.45) is 15.5. The van der Waals surface area contributed by atoms with E-state index in [-0.39, 0.29) is 32.0 Å². The van der Waals surface area contributed by atoms with Gasteiger partial charge in [0, 0.05) is 12.8 Å². The molecule has 1 aliphatic rings. The molecule has 266 valence electrons. The number of aliphatic hydroxyl groups excluding tert-OH is 4. The highest BCUT2D eigenvalue weighted by Gasteiger charge is 2.44. The average Bonchev–Trinajstić information content (AvgIpc) is 3.03. The second-order valence-corrected chi connectivity index (χ2v) is 12.7. The minimum atomic E-state index is -1.59. The van der Waals surface area contributed by atoms with E-state index in [1.54, 1.807) is 0 Å². The van der Waals surface area contributed by atoms with E-state index < -0.39 is 49.4 Å². The van der Waals surface area contributed by atoms with Crippen LogP contribution >= 0.6 is 0 Å². The molecule has 6 atom stereocenters. The number of hydrogen-bond donors (Lipinski definition) is 4. The lowest BCUT2D eigenvalue weighted by Gasteiger charge is -2.39. The first-order chi connectivity index (χ1) is 21.8. The van der Waals surface area contributed by atoms with Gasteiger partial charge in [0.15, 0.2) is 12.4 Å². The first-order valence-corrected chi connectivity index (χ1v) is 18.1. The minimum absolute atomic E-state index is 0.211. The molecule has 1 fully saturated rings. The Morgan fingerprint density at radius 3 is 1.51 bits per heavy atom. The van der Waals surface area contributed by atoms with Crippen molar-refractivity contribution in [2.75, 3.05) is 19.8 Å². The molecule has 1 rings (SSSR count). The zero-order valence-corrected chi connectivity index (χ0v) is 28.4. The number of esters is 2. The SMILES string of the molecule is CCCCCCCCCCCCCC(=O)OC[C@H](CO[C@@H]1O[C@H](CO)[C@H](O)[C@H](O)[C@H]1O)OC(=O)CCCCCCCCCCC. The fourth-order valence-corrected chi connectivity index (χ4v) is 5.54. The maximum atomic E-state index is 12.6. The van der Waals surface area contributed by atoms with Crippen molar-refractivity contribution in [3.05, 3.63) is 0 Å². The van der Waals surface area contributed by atoms with Crippen LogP contribution in [-0.2, 0) is 28.5 Å². The Labute approximate surface area is 272 Å². The second-order valence-electron chi connectivity index (χ2n) is 12.7. The smallest absolute Gasteiger partial charge is 0.306 e. The van der Waals surface area contributed by atoms with E-state index in [0.29, 0.717) is 6.42 Å². The highest BCUT2D eigenvalue weighted by atomic mass is 16.7. The van der Waals surface area contributed by atoms with Gasteiger partial charge in [-0.05, 0) is 12.8 Å². The number of aliphatic hydroxyl groups is 4. The molecule has 0 saturated carbocycles. The van der Waals surface area contributed by atoms with Crippen molar-refractivity contribution in [3.63, 3.8) is 0 Å². The zero-order valence-electron chi connectivity index (χ0n) is 28.4. The summed E-state index contributed by atoms with van der Waals surface area (Å²) < 4.78 is 22.0. The lowest BCUT2D eigenvalue weighted by Crippen LogP contribution is -2.59. The third-order valence-electron chi connectivity index (χ3n) is 8.49. The van der Waals surface area contributed by atoms with Gasteiger partial charge in [0.25, 0.3) is 0 Å². The maximum Gasteiger partial charge on any atom is 0.306 e. The molecule has 1 saturated heterocycles. The number of ether oxygens (including phenoxy) is 4. The Kier molecular flexibility index (Phi) is 25.8. The fourth-order valence-electron chi connectivity index (χ4n) is 5.54. The predicted octanol–water partition coefficient (Wildman–Crippen LogP) is 5.88. The number of rotatable bonds is 29. The van der Waals surface area contributed by atoms with E-state index in [0.717, 1.165) is 38.5 Å². The number of unbranched alkanes of at least 4 members (excludes halogenated alkanes) is 18. The van der Waals surface area contributed by atoms with Crippen molar-refractivity contribution >= 4 is 11.9 Å². The van der Waals surface area contributed by atoms with Crippen LogP contribution in [0, 0.1) is 0 Å². The van der Waals surface area contributed by atoms with Gasteiger partial charge in [-0.3, -0.25) is 9.59 Å². The molecule has 0 aromatic rings. The summed E-state index contributed by atoms with van der Waals surface area (Å²) in [5, 5.41) is 39.8. The van der Waals surface area contributed by atoms with E-state index >= 15 is 0 Å². The predicted molar refractivity (Wildman–Crippen MR) is 173 cm³/mol. The molecule has 10 nitrogen and oxygen atoms in total. The van der Waals surface area contributed by atoms with Crippen LogP contribution in [0.3, 0.4) is 0 Å². The summed E-state index contributed by atoms with van der Waals surface area (Å²) in [7, 11) is 0. The Balaban J connectivity index is 2.42. The molecule has 0 spiro atoms. The first kappa shape index (κ1) is 41.7. The van der Waals surface area contributed by atoms with Gasteiger partial charge < -0.3 is 39.4 Å². The van der Waals surface area contributed by atoms with Crippen LogP contribution in [0.25, 0.3) is 0 Å². The van der Waals surface area contributed by atoms with E-state index in [4.69, 9.17) is 18.9 Å². The zero-order chi connectivity index (χ0) is 33.1.